The molecular weight excluding hydrogens is 793 g/mol. The summed E-state index contributed by atoms with van der Waals surface area (Å²) < 4.78 is 17.1. The molecule has 0 saturated carbocycles. The molecule has 0 amide bonds. The number of anilines is 3. The molecule has 4 aliphatic rings. The lowest BCUT2D eigenvalue weighted by atomic mass is 9.70. The van der Waals surface area contributed by atoms with Crippen LogP contribution in [-0.4, -0.2) is 4.57 Å². The summed E-state index contributed by atoms with van der Waals surface area (Å²) in [4.78, 5) is 2.33. The number of aromatic nitrogens is 1. The van der Waals surface area contributed by atoms with Crippen LogP contribution in [0.15, 0.2) is 218 Å². The second-order valence-electron chi connectivity index (χ2n) is 17.4. The van der Waals surface area contributed by atoms with Crippen molar-refractivity contribution < 1.29 is 9.47 Å². The van der Waals surface area contributed by atoms with E-state index in [2.05, 4.69) is 222 Å². The van der Waals surface area contributed by atoms with Crippen LogP contribution >= 0.6 is 0 Å². The van der Waals surface area contributed by atoms with Gasteiger partial charge in [-0.05, 0) is 124 Å². The molecule has 1 aromatic heterocycles. The quantitative estimate of drug-likeness (QED) is 0.173. The van der Waals surface area contributed by atoms with E-state index in [-0.39, 0.29) is 0 Å². The van der Waals surface area contributed by atoms with Crippen molar-refractivity contribution in [1.29, 1.82) is 0 Å². The third kappa shape index (κ3) is 5.08. The number of benzene rings is 9. The molecule has 1 aliphatic heterocycles. The molecule has 4 nitrogen and oxygen atoms in total. The standard InChI is InChI=1S/C61H40N2O2/c1-3-17-39(18-4-1)40-19-15-22-42(37-40)62(43-33-35-54-49(38-43)47-26-10-14-30-53(47)63(54)41-20-5-2-6-21-41)55-31-16-32-56-59(55)64-57-36-34-48-46-25-9-13-29-52(46)61(58(48)60(57)65-56)50-27-11-7-23-44(50)45-24-8-12-28-51(45)61/h1,3-5,7-38H,2,6H2. The first-order valence-corrected chi connectivity index (χ1v) is 22.6. The van der Waals surface area contributed by atoms with Crippen LogP contribution in [0.25, 0.3) is 60.9 Å². The van der Waals surface area contributed by atoms with Crippen molar-refractivity contribution in [1.82, 2.24) is 4.57 Å². The van der Waals surface area contributed by atoms with Crippen molar-refractivity contribution in [3.63, 3.8) is 0 Å². The molecule has 0 radical (unpaired) electrons. The predicted octanol–water partition coefficient (Wildman–Crippen LogP) is 16.4. The van der Waals surface area contributed by atoms with Crippen LogP contribution in [-0.2, 0) is 5.41 Å². The van der Waals surface area contributed by atoms with Gasteiger partial charge < -0.3 is 18.9 Å². The van der Waals surface area contributed by atoms with E-state index < -0.39 is 5.41 Å². The van der Waals surface area contributed by atoms with E-state index in [0.29, 0.717) is 17.2 Å². The fourth-order valence-electron chi connectivity index (χ4n) is 11.4. The minimum absolute atomic E-state index is 0.578. The van der Waals surface area contributed by atoms with E-state index in [1.54, 1.807) is 0 Å². The summed E-state index contributed by atoms with van der Waals surface area (Å²) in [7, 11) is 0. The van der Waals surface area contributed by atoms with Crippen molar-refractivity contribution >= 4 is 44.6 Å². The number of fused-ring (bicyclic) bond motifs is 16. The topological polar surface area (TPSA) is 26.6 Å². The van der Waals surface area contributed by atoms with Gasteiger partial charge in [0, 0.05) is 33.4 Å². The Morgan fingerprint density at radius 3 is 1.85 bits per heavy atom. The third-order valence-corrected chi connectivity index (χ3v) is 14.1. The Labute approximate surface area is 377 Å². The first-order chi connectivity index (χ1) is 32.3. The average molecular weight is 833 g/mol. The highest BCUT2D eigenvalue weighted by molar-refractivity contribution is 6.12. The van der Waals surface area contributed by atoms with Crippen LogP contribution < -0.4 is 14.4 Å². The van der Waals surface area contributed by atoms with Crippen LogP contribution in [0.2, 0.25) is 0 Å². The first kappa shape index (κ1) is 36.2. The molecule has 4 heteroatoms. The summed E-state index contributed by atoms with van der Waals surface area (Å²) in [6.07, 6.45) is 9.00. The van der Waals surface area contributed by atoms with Crippen molar-refractivity contribution in [2.75, 3.05) is 4.90 Å². The van der Waals surface area contributed by atoms with Crippen molar-refractivity contribution in [3.05, 3.63) is 241 Å². The lowest BCUT2D eigenvalue weighted by Gasteiger charge is -2.34. The van der Waals surface area contributed by atoms with Gasteiger partial charge in [0.25, 0.3) is 0 Å². The lowest BCUT2D eigenvalue weighted by molar-refractivity contribution is 0.355. The largest absolute Gasteiger partial charge is 0.449 e. The summed E-state index contributed by atoms with van der Waals surface area (Å²) in [5.74, 6) is 2.80. The molecule has 0 bridgehead atoms. The Morgan fingerprint density at radius 2 is 1.08 bits per heavy atom. The monoisotopic (exact) mass is 832 g/mol. The van der Waals surface area contributed by atoms with Crippen LogP contribution in [0.3, 0.4) is 0 Å². The van der Waals surface area contributed by atoms with Crippen LogP contribution in [0.1, 0.15) is 35.1 Å². The molecular formula is C61H40N2O2. The lowest BCUT2D eigenvalue weighted by Crippen LogP contribution is -2.26. The fraction of sp³-hybridized carbons (Fsp3) is 0.0492. The smallest absolute Gasteiger partial charge is 0.194 e. The van der Waals surface area contributed by atoms with Gasteiger partial charge in [0.15, 0.2) is 23.0 Å². The maximum absolute atomic E-state index is 7.35. The van der Waals surface area contributed by atoms with Gasteiger partial charge in [0.2, 0.25) is 0 Å². The minimum atomic E-state index is -0.578. The highest BCUT2D eigenvalue weighted by Crippen LogP contribution is 2.67. The number of hydrogen-bond acceptors (Lipinski definition) is 3. The summed E-state index contributed by atoms with van der Waals surface area (Å²) in [5, 5.41) is 2.40. The molecule has 0 saturated heterocycles. The minimum Gasteiger partial charge on any atom is -0.449 e. The Morgan fingerprint density at radius 1 is 0.446 bits per heavy atom. The van der Waals surface area contributed by atoms with E-state index >= 15 is 0 Å². The van der Waals surface area contributed by atoms with Gasteiger partial charge in [-0.3, -0.25) is 0 Å². The highest BCUT2D eigenvalue weighted by Gasteiger charge is 2.54. The molecule has 0 atom stereocenters. The summed E-state index contributed by atoms with van der Waals surface area (Å²) >= 11 is 0. The number of ether oxygens (including phenoxy) is 2. The third-order valence-electron chi connectivity index (χ3n) is 14.1. The molecule has 1 spiro atoms. The molecule has 306 valence electrons. The van der Waals surface area contributed by atoms with Gasteiger partial charge >= 0.3 is 0 Å². The first-order valence-electron chi connectivity index (χ1n) is 22.6. The number of nitrogens with zero attached hydrogens (tertiary/aromatic N) is 2. The van der Waals surface area contributed by atoms with Crippen LogP contribution in [0, 0.1) is 0 Å². The molecule has 9 aromatic carbocycles. The van der Waals surface area contributed by atoms with Crippen molar-refractivity contribution in [2.45, 2.75) is 18.3 Å². The average Bonchev–Trinajstić information content (AvgIpc) is 3.98. The van der Waals surface area contributed by atoms with E-state index in [1.807, 2.05) is 6.07 Å². The van der Waals surface area contributed by atoms with Gasteiger partial charge in [0.05, 0.1) is 22.1 Å². The Hall–Kier alpha value is -8.34. The van der Waals surface area contributed by atoms with E-state index in [4.69, 9.17) is 9.47 Å². The second kappa shape index (κ2) is 13.8. The second-order valence-corrected chi connectivity index (χ2v) is 17.4. The summed E-state index contributed by atoms with van der Waals surface area (Å²) in [6.45, 7) is 0. The molecule has 0 unspecified atom stereocenters. The number of para-hydroxylation sites is 2. The van der Waals surface area contributed by atoms with Crippen LogP contribution in [0.4, 0.5) is 17.1 Å². The molecule has 3 aliphatic carbocycles. The summed E-state index contributed by atoms with van der Waals surface area (Å²) in [6, 6.07) is 72.3. The Bertz CT molecular complexity index is 3620. The molecule has 0 fully saturated rings. The Balaban J connectivity index is 0.974. The van der Waals surface area contributed by atoms with E-state index in [1.165, 1.54) is 66.4 Å². The van der Waals surface area contributed by atoms with Gasteiger partial charge in [-0.1, -0.05) is 158 Å². The summed E-state index contributed by atoms with van der Waals surface area (Å²) in [5.41, 5.74) is 18.0. The Kier molecular flexibility index (Phi) is 7.70. The molecule has 2 heterocycles. The predicted molar refractivity (Wildman–Crippen MR) is 265 cm³/mol. The maximum Gasteiger partial charge on any atom is 0.194 e. The zero-order valence-corrected chi connectivity index (χ0v) is 35.4. The van der Waals surface area contributed by atoms with Crippen LogP contribution in [0.5, 0.6) is 23.0 Å². The van der Waals surface area contributed by atoms with Gasteiger partial charge in [-0.15, -0.1) is 0 Å². The molecule has 10 aromatic rings. The number of hydrogen-bond donors (Lipinski definition) is 0. The van der Waals surface area contributed by atoms with Gasteiger partial charge in [-0.25, -0.2) is 0 Å². The van der Waals surface area contributed by atoms with Gasteiger partial charge in [0.1, 0.15) is 0 Å². The normalized spacial score (nSPS) is 14.4. The molecule has 0 N–H and O–H groups in total. The van der Waals surface area contributed by atoms with Gasteiger partial charge in [-0.2, -0.15) is 0 Å². The molecule has 65 heavy (non-hydrogen) atoms. The number of allylic oxidation sites excluding steroid dienone is 4. The SMILES string of the molecule is C1=CC(n2c3ccccc3c3cc(N(c4cccc(-c5ccccc5)c4)c4cccc5c4Oc4ccc6c(c4O5)C4(c5ccccc5-c5ccccc54)c4ccccc4-6)ccc32)=CCC1. The number of rotatable bonds is 5. The van der Waals surface area contributed by atoms with Crippen molar-refractivity contribution in [3.8, 4) is 56.4 Å². The highest BCUT2D eigenvalue weighted by atomic mass is 16.6. The van der Waals surface area contributed by atoms with Crippen molar-refractivity contribution in [2.24, 2.45) is 0 Å². The van der Waals surface area contributed by atoms with E-state index in [0.717, 1.165) is 52.3 Å². The molecule has 14 rings (SSSR count). The van der Waals surface area contributed by atoms with E-state index in [9.17, 15) is 0 Å². The zero-order valence-electron chi connectivity index (χ0n) is 35.4. The zero-order chi connectivity index (χ0) is 42.6. The maximum atomic E-state index is 7.35. The fourth-order valence-corrected chi connectivity index (χ4v) is 11.4.